The predicted molar refractivity (Wildman–Crippen MR) is 123 cm³/mol. The van der Waals surface area contributed by atoms with Gasteiger partial charge in [0.25, 0.3) is 0 Å². The summed E-state index contributed by atoms with van der Waals surface area (Å²) < 4.78 is 8.74. The normalized spacial score (nSPS) is 12.1. The number of rotatable bonds is 11. The average molecular weight is 489 g/mol. The third-order valence-electron chi connectivity index (χ3n) is 5.82. The molecule has 3 aromatic rings. The fraction of sp³-hybridized carbons (Fsp3) is 0.522. The van der Waals surface area contributed by atoms with Crippen LogP contribution in [0.25, 0.3) is 16.1 Å². The summed E-state index contributed by atoms with van der Waals surface area (Å²) in [5.41, 5.74) is 2.86. The minimum atomic E-state index is -2.48. The summed E-state index contributed by atoms with van der Waals surface area (Å²) in [4.78, 5) is 5.78. The van der Waals surface area contributed by atoms with Crippen LogP contribution in [0, 0.1) is 0 Å². The van der Waals surface area contributed by atoms with Crippen molar-refractivity contribution >= 4 is 37.4 Å². The van der Waals surface area contributed by atoms with Gasteiger partial charge in [-0.15, -0.1) is 0 Å². The second kappa shape index (κ2) is 10.1. The molecule has 2 nitrogen and oxygen atoms in total. The molecule has 0 amide bonds. The Kier molecular flexibility index (Phi) is 7.83. The molecule has 0 unspecified atom stereocenters. The van der Waals surface area contributed by atoms with Gasteiger partial charge in [-0.05, 0) is 0 Å². The van der Waals surface area contributed by atoms with Crippen molar-refractivity contribution in [2.24, 2.45) is 0 Å². The molecule has 1 aromatic carbocycles. The molecule has 0 fully saturated rings. The topological polar surface area (TPSA) is 17.3 Å². The van der Waals surface area contributed by atoms with Crippen molar-refractivity contribution in [2.45, 2.75) is 72.6 Å². The molecular formula is C23H34N2SSn. The molecule has 0 atom stereocenters. The number of hydrogen-bond donors (Lipinski definition) is 0. The van der Waals surface area contributed by atoms with Crippen LogP contribution in [0.1, 0.15) is 59.3 Å². The van der Waals surface area contributed by atoms with Crippen LogP contribution in [0.2, 0.25) is 13.3 Å². The molecule has 4 heteroatoms. The Balaban J connectivity index is 2.17. The number of imidazole rings is 1. The van der Waals surface area contributed by atoms with E-state index >= 15 is 0 Å². The quantitative estimate of drug-likeness (QED) is 0.262. The van der Waals surface area contributed by atoms with Gasteiger partial charge in [-0.2, -0.15) is 0 Å². The molecule has 0 aliphatic carbocycles. The summed E-state index contributed by atoms with van der Waals surface area (Å²) in [5.74, 6) is 0. The third-order valence-corrected chi connectivity index (χ3v) is 25.2. The molecule has 0 saturated heterocycles. The number of benzene rings is 1. The molecule has 0 spiro atoms. The Morgan fingerprint density at radius 2 is 1.48 bits per heavy atom. The molecule has 27 heavy (non-hydrogen) atoms. The summed E-state index contributed by atoms with van der Waals surface area (Å²) in [6, 6.07) is 11.1. The van der Waals surface area contributed by atoms with Crippen LogP contribution in [0.3, 0.4) is 0 Å². The van der Waals surface area contributed by atoms with Crippen molar-refractivity contribution in [1.82, 2.24) is 9.38 Å². The molecule has 0 aliphatic heterocycles. The molecule has 0 aliphatic rings. The van der Waals surface area contributed by atoms with E-state index in [4.69, 9.17) is 0 Å². The van der Waals surface area contributed by atoms with Gasteiger partial charge >= 0.3 is 174 Å². The van der Waals surface area contributed by atoms with E-state index < -0.39 is 18.4 Å². The second-order valence-electron chi connectivity index (χ2n) is 7.84. The Morgan fingerprint density at radius 1 is 0.889 bits per heavy atom. The number of thiazole rings is 1. The van der Waals surface area contributed by atoms with Crippen molar-refractivity contribution in [3.8, 4) is 11.3 Å². The standard InChI is InChI=1S/C11H7N2S.3C4H9.Sn/c1-2-4-9(5-3-1)10-7-14-11-6-12-8-13(10)11;3*1-3-4-2;/h1-6,8H;3*1,3-4H2,2H3;. The summed E-state index contributed by atoms with van der Waals surface area (Å²) in [6.07, 6.45) is 12.3. The van der Waals surface area contributed by atoms with Crippen LogP contribution in [0.5, 0.6) is 0 Å². The zero-order chi connectivity index (χ0) is 19.1. The van der Waals surface area contributed by atoms with E-state index in [1.54, 1.807) is 0 Å². The van der Waals surface area contributed by atoms with Crippen LogP contribution in [0.4, 0.5) is 0 Å². The molecule has 0 saturated carbocycles. The van der Waals surface area contributed by atoms with Crippen molar-refractivity contribution in [3.63, 3.8) is 0 Å². The zero-order valence-electron chi connectivity index (χ0n) is 17.2. The summed E-state index contributed by atoms with van der Waals surface area (Å²) >= 11 is -0.404. The number of unbranched alkanes of at least 4 members (excludes halogenated alkanes) is 3. The van der Waals surface area contributed by atoms with Gasteiger partial charge in [0.05, 0.1) is 0 Å². The van der Waals surface area contributed by atoms with E-state index in [0.29, 0.717) is 0 Å². The van der Waals surface area contributed by atoms with E-state index in [1.165, 1.54) is 67.9 Å². The molecule has 2 heterocycles. The van der Waals surface area contributed by atoms with Gasteiger partial charge in [0.1, 0.15) is 0 Å². The van der Waals surface area contributed by atoms with Crippen LogP contribution >= 0.6 is 11.3 Å². The van der Waals surface area contributed by atoms with Gasteiger partial charge in [-0.25, -0.2) is 0 Å². The molecular weight excluding hydrogens is 455 g/mol. The maximum absolute atomic E-state index is 4.45. The van der Waals surface area contributed by atoms with Crippen LogP contribution < -0.4 is 2.89 Å². The number of fused-ring (bicyclic) bond motifs is 1. The van der Waals surface area contributed by atoms with Crippen molar-refractivity contribution in [1.29, 1.82) is 0 Å². The Bertz CT molecular complexity index is 800. The van der Waals surface area contributed by atoms with Crippen LogP contribution in [-0.4, -0.2) is 27.8 Å². The number of hydrogen-bond acceptors (Lipinski definition) is 2. The monoisotopic (exact) mass is 490 g/mol. The molecule has 0 radical (unpaired) electrons. The third kappa shape index (κ3) is 4.61. The molecule has 0 bridgehead atoms. The van der Waals surface area contributed by atoms with Gasteiger partial charge in [0, 0.05) is 0 Å². The summed E-state index contributed by atoms with van der Waals surface area (Å²) in [6.45, 7) is 7.08. The first-order valence-electron chi connectivity index (χ1n) is 10.8. The Labute approximate surface area is 172 Å². The second-order valence-corrected chi connectivity index (χ2v) is 22.9. The number of aromatic nitrogens is 2. The van der Waals surface area contributed by atoms with Crippen LogP contribution in [0.15, 0.2) is 42.9 Å². The molecule has 2 aromatic heterocycles. The van der Waals surface area contributed by atoms with E-state index in [0.717, 1.165) is 0 Å². The first kappa shape index (κ1) is 20.9. The molecule has 146 valence electrons. The maximum atomic E-state index is 4.45. The molecule has 3 rings (SSSR count). The van der Waals surface area contributed by atoms with Crippen molar-refractivity contribution in [3.05, 3.63) is 42.9 Å². The van der Waals surface area contributed by atoms with Gasteiger partial charge in [-0.1, -0.05) is 0 Å². The van der Waals surface area contributed by atoms with Crippen molar-refractivity contribution in [2.75, 3.05) is 0 Å². The molecule has 0 N–H and O–H groups in total. The minimum absolute atomic E-state index is 1.32. The first-order valence-corrected chi connectivity index (χ1v) is 19.1. The Hall–Kier alpha value is -0.811. The fourth-order valence-electron chi connectivity index (χ4n) is 4.28. The van der Waals surface area contributed by atoms with Gasteiger partial charge in [0.15, 0.2) is 0 Å². The SMILES string of the molecule is CCC[CH2][Sn]([CH2]CCC)([CH2]CCC)[c]1sc2cncn2c1-c1ccccc1. The number of nitrogens with zero attached hydrogens (tertiary/aromatic N) is 2. The van der Waals surface area contributed by atoms with E-state index in [9.17, 15) is 0 Å². The fourth-order valence-corrected chi connectivity index (χ4v) is 25.3. The van der Waals surface area contributed by atoms with Gasteiger partial charge in [-0.3, -0.25) is 0 Å². The van der Waals surface area contributed by atoms with Crippen molar-refractivity contribution < 1.29 is 0 Å². The average Bonchev–Trinajstić information content (AvgIpc) is 3.30. The predicted octanol–water partition coefficient (Wildman–Crippen LogP) is 7.12. The van der Waals surface area contributed by atoms with E-state index in [2.05, 4.69) is 78.0 Å². The van der Waals surface area contributed by atoms with E-state index in [-0.39, 0.29) is 0 Å². The Morgan fingerprint density at radius 3 is 2.04 bits per heavy atom. The first-order chi connectivity index (χ1) is 13.3. The van der Waals surface area contributed by atoms with E-state index in [1.807, 2.05) is 9.22 Å². The summed E-state index contributed by atoms with van der Waals surface area (Å²) in [7, 11) is 0. The van der Waals surface area contributed by atoms with Crippen LogP contribution in [-0.2, 0) is 0 Å². The van der Waals surface area contributed by atoms with Gasteiger partial charge < -0.3 is 0 Å². The van der Waals surface area contributed by atoms with Gasteiger partial charge in [0.2, 0.25) is 0 Å². The summed E-state index contributed by atoms with van der Waals surface area (Å²) in [5, 5.41) is 0. The zero-order valence-corrected chi connectivity index (χ0v) is 20.9.